The van der Waals surface area contributed by atoms with Gasteiger partial charge < -0.3 is 29.3 Å². The van der Waals surface area contributed by atoms with Crippen molar-refractivity contribution in [2.45, 2.75) is 227 Å². The van der Waals surface area contributed by atoms with Crippen LogP contribution in [0, 0.1) is 35.5 Å². The normalized spacial score (nSPS) is 17.0. The molecular formula is C59H109N4O7+3. The minimum Gasteiger partial charge on any atom is -0.481 e. The number of carbonyl (C=O) groups is 4. The third kappa shape index (κ3) is 28.3. The number of likely N-dealkylation sites (N-methyl/N-ethyl adjacent to an activating group) is 2. The van der Waals surface area contributed by atoms with Crippen LogP contribution < -0.4 is 10.3 Å². The molecule has 0 saturated heterocycles. The smallest absolute Gasteiger partial charge is 0.309 e. The number of quaternary nitrogens is 2. The van der Waals surface area contributed by atoms with Gasteiger partial charge in [-0.1, -0.05) is 143 Å². The number of hydrogen-bond acceptors (Lipinski definition) is 6. The number of unbranched alkanes of at least 4 members (excludes halogenated alkanes) is 19. The van der Waals surface area contributed by atoms with Crippen LogP contribution in [-0.4, -0.2) is 105 Å². The minimum absolute atomic E-state index is 0.0390. The average Bonchev–Trinajstić information content (AvgIpc) is 3.77. The number of aliphatic carboxylic acids is 1. The number of aryl methyl sites for hydroxylation is 1. The van der Waals surface area contributed by atoms with Crippen molar-refractivity contribution >= 4 is 23.8 Å². The lowest BCUT2D eigenvalue weighted by Crippen LogP contribution is -2.54. The Kier molecular flexibility index (Phi) is 33.2. The van der Waals surface area contributed by atoms with E-state index in [0.717, 1.165) is 93.1 Å². The fraction of sp³-hybridized carbons (Fsp3) is 0.847. The quantitative estimate of drug-likeness (QED) is 0.0287. The molecule has 404 valence electrons. The van der Waals surface area contributed by atoms with Gasteiger partial charge in [0.1, 0.15) is 19.6 Å². The molecule has 0 aromatic carbocycles. The predicted molar refractivity (Wildman–Crippen MR) is 286 cm³/mol. The van der Waals surface area contributed by atoms with Gasteiger partial charge in [-0.15, -0.1) is 0 Å². The lowest BCUT2D eigenvalue weighted by atomic mass is 9.74. The highest BCUT2D eigenvalue weighted by Gasteiger charge is 2.42. The monoisotopic (exact) mass is 986 g/mol. The number of carbonyl (C=O) groups excluding carboxylic acids is 3. The van der Waals surface area contributed by atoms with E-state index >= 15 is 0 Å². The molecule has 1 aromatic rings. The topological polar surface area (TPSA) is 137 Å². The van der Waals surface area contributed by atoms with Crippen LogP contribution in [0.1, 0.15) is 214 Å². The number of esters is 2. The maximum absolute atomic E-state index is 14.3. The van der Waals surface area contributed by atoms with Crippen molar-refractivity contribution in [3.05, 3.63) is 30.6 Å². The van der Waals surface area contributed by atoms with Gasteiger partial charge in [-0.25, -0.2) is 4.57 Å². The number of nitrogens with two attached hydrogens (primary N) is 1. The first-order chi connectivity index (χ1) is 33.5. The molecular weight excluding hydrogens is 877 g/mol. The number of carboxylic acids is 1. The Morgan fingerprint density at radius 1 is 0.643 bits per heavy atom. The van der Waals surface area contributed by atoms with Crippen molar-refractivity contribution in [2.24, 2.45) is 41.2 Å². The van der Waals surface area contributed by atoms with Gasteiger partial charge in [0, 0.05) is 24.5 Å². The number of carboxylic acid groups (broad SMARTS) is 1. The van der Waals surface area contributed by atoms with Crippen LogP contribution in [0.15, 0.2) is 30.6 Å². The van der Waals surface area contributed by atoms with Crippen molar-refractivity contribution in [1.82, 2.24) is 0 Å². The number of amides is 1. The fourth-order valence-electron chi connectivity index (χ4n) is 11.3. The third-order valence-electron chi connectivity index (χ3n) is 15.7. The molecule has 1 heterocycles. The predicted octanol–water partition coefficient (Wildman–Crippen LogP) is 12.3. The summed E-state index contributed by atoms with van der Waals surface area (Å²) < 4.78 is 16.4. The second-order valence-electron chi connectivity index (χ2n) is 23.2. The summed E-state index contributed by atoms with van der Waals surface area (Å²) in [6.45, 7) is 13.2. The molecule has 1 aliphatic carbocycles. The van der Waals surface area contributed by atoms with Crippen LogP contribution >= 0.6 is 0 Å². The molecule has 3 N–H and O–H groups in total. The number of rotatable bonds is 44. The van der Waals surface area contributed by atoms with Crippen molar-refractivity contribution in [2.75, 3.05) is 61.0 Å². The number of primary amides is 1. The zero-order chi connectivity index (χ0) is 51.6. The molecule has 11 heteroatoms. The summed E-state index contributed by atoms with van der Waals surface area (Å²) in [5.41, 5.74) is 5.71. The van der Waals surface area contributed by atoms with Gasteiger partial charge in [0.25, 0.3) is 0 Å². The Balaban J connectivity index is 2.12. The number of ether oxygens (including phenoxy) is 2. The summed E-state index contributed by atoms with van der Waals surface area (Å²) in [6.07, 6.45) is 34.3. The van der Waals surface area contributed by atoms with Crippen LogP contribution in [0.25, 0.3) is 0 Å². The van der Waals surface area contributed by atoms with Crippen LogP contribution in [0.3, 0.4) is 0 Å². The van der Waals surface area contributed by atoms with E-state index in [4.69, 9.17) is 15.2 Å². The SMILES string of the molecule is CCCCCCCC[N+](C)(C)CC(C[N+](C)(C)CCCCCCCC)OC(=O)C(C)CC(CC1CCCC1C(CC(CC)C(N)=O)C(=O)O)C(=O)OCCCCCCCCCCCC[n+]1ccccc1. The van der Waals surface area contributed by atoms with Gasteiger partial charge in [-0.2, -0.15) is 0 Å². The number of hydrogen-bond donors (Lipinski definition) is 2. The van der Waals surface area contributed by atoms with Gasteiger partial charge in [0.15, 0.2) is 18.5 Å². The Labute approximate surface area is 429 Å². The van der Waals surface area contributed by atoms with Crippen molar-refractivity contribution in [1.29, 1.82) is 0 Å². The van der Waals surface area contributed by atoms with Crippen molar-refractivity contribution in [3.63, 3.8) is 0 Å². The molecule has 6 atom stereocenters. The molecule has 1 saturated carbocycles. The van der Waals surface area contributed by atoms with Gasteiger partial charge in [-0.05, 0) is 82.5 Å². The Bertz CT molecular complexity index is 1510. The molecule has 0 aliphatic heterocycles. The highest BCUT2D eigenvalue weighted by atomic mass is 16.5. The first kappa shape index (κ1) is 63.1. The maximum Gasteiger partial charge on any atom is 0.309 e. The summed E-state index contributed by atoms with van der Waals surface area (Å²) in [4.78, 5) is 53.6. The van der Waals surface area contributed by atoms with Crippen molar-refractivity contribution < 1.29 is 47.3 Å². The van der Waals surface area contributed by atoms with E-state index in [-0.39, 0.29) is 36.3 Å². The third-order valence-corrected chi connectivity index (χ3v) is 15.7. The maximum atomic E-state index is 14.3. The number of pyridine rings is 1. The van der Waals surface area contributed by atoms with E-state index in [0.29, 0.717) is 25.9 Å². The average molecular weight is 987 g/mol. The van der Waals surface area contributed by atoms with E-state index < -0.39 is 35.5 Å². The Morgan fingerprint density at radius 3 is 1.64 bits per heavy atom. The lowest BCUT2D eigenvalue weighted by molar-refractivity contribution is -0.914. The first-order valence-corrected chi connectivity index (χ1v) is 29.0. The largest absolute Gasteiger partial charge is 0.481 e. The van der Waals surface area contributed by atoms with Gasteiger partial charge >= 0.3 is 17.9 Å². The lowest BCUT2D eigenvalue weighted by Gasteiger charge is -2.38. The summed E-state index contributed by atoms with van der Waals surface area (Å²) in [7, 11) is 9.06. The zero-order valence-electron chi connectivity index (χ0n) is 46.5. The van der Waals surface area contributed by atoms with Gasteiger partial charge in [0.2, 0.25) is 5.91 Å². The molecule has 0 bridgehead atoms. The fourth-order valence-corrected chi connectivity index (χ4v) is 11.3. The van der Waals surface area contributed by atoms with E-state index in [1.54, 1.807) is 0 Å². The molecule has 0 radical (unpaired) electrons. The van der Waals surface area contributed by atoms with Crippen LogP contribution in [-0.2, 0) is 35.2 Å². The molecule has 0 spiro atoms. The second kappa shape index (κ2) is 36.8. The molecule has 1 fully saturated rings. The van der Waals surface area contributed by atoms with Crippen LogP contribution in [0.4, 0.5) is 0 Å². The molecule has 1 amide bonds. The van der Waals surface area contributed by atoms with E-state index in [1.165, 1.54) is 109 Å². The molecule has 6 unspecified atom stereocenters. The van der Waals surface area contributed by atoms with Crippen molar-refractivity contribution in [3.8, 4) is 0 Å². The van der Waals surface area contributed by atoms with E-state index in [2.05, 4.69) is 77.2 Å². The second-order valence-corrected chi connectivity index (χ2v) is 23.2. The van der Waals surface area contributed by atoms with Gasteiger partial charge in [0.05, 0.1) is 65.6 Å². The van der Waals surface area contributed by atoms with Gasteiger partial charge in [-0.3, -0.25) is 19.2 Å². The summed E-state index contributed by atoms with van der Waals surface area (Å²) >= 11 is 0. The summed E-state index contributed by atoms with van der Waals surface area (Å²) in [5, 5.41) is 10.5. The van der Waals surface area contributed by atoms with Crippen LogP contribution in [0.2, 0.25) is 0 Å². The Hall–Kier alpha value is -3.05. The summed E-state index contributed by atoms with van der Waals surface area (Å²) in [6, 6.07) is 6.22. The molecule has 2 rings (SSSR count). The standard InChI is InChI=1S/C59H107N4O7/c1-9-12-14-16-25-32-41-62(5,6)47-53(48-63(7,8)42-33-26-17-15-13-10-2)70-58(67)49(4)44-52(45-51-36-35-37-54(51)55(57(65)66)46-50(11-3)56(60)64)59(68)69-43-34-27-23-21-19-18-20-22-24-29-38-61-39-30-28-31-40-61/h28,30-31,39-40,49-55H,9-27,29,32-38,41-48H2,1-8H3,(H-2,60,64,65,66)/q+1/p+2. The highest BCUT2D eigenvalue weighted by molar-refractivity contribution is 5.78. The molecule has 1 aromatic heterocycles. The Morgan fingerprint density at radius 2 is 1.14 bits per heavy atom. The van der Waals surface area contributed by atoms with Crippen LogP contribution in [0.5, 0.6) is 0 Å². The molecule has 1 aliphatic rings. The molecule has 70 heavy (non-hydrogen) atoms. The number of aromatic nitrogens is 1. The van der Waals surface area contributed by atoms with E-state index in [1.807, 2.05) is 13.8 Å². The zero-order valence-corrected chi connectivity index (χ0v) is 46.5. The molecule has 11 nitrogen and oxygen atoms in total. The first-order valence-electron chi connectivity index (χ1n) is 29.0. The highest BCUT2D eigenvalue weighted by Crippen LogP contribution is 2.44. The number of nitrogens with zero attached hydrogens (tertiary/aromatic N) is 3. The minimum atomic E-state index is -0.910. The summed E-state index contributed by atoms with van der Waals surface area (Å²) in [5.74, 6) is -4.50. The van der Waals surface area contributed by atoms with E-state index in [9.17, 15) is 24.3 Å².